The Kier molecular flexibility index (Phi) is 5.55. The number of carbonyl (C=O) groups excluding carboxylic acids is 1. The second kappa shape index (κ2) is 8.02. The van der Waals surface area contributed by atoms with Crippen LogP contribution in [0.3, 0.4) is 0 Å². The van der Waals surface area contributed by atoms with Gasteiger partial charge < -0.3 is 23.5 Å². The second-order valence-electron chi connectivity index (χ2n) is 5.91. The number of likely N-dealkylation sites (N-methyl/N-ethyl adjacent to an activating group) is 1. The Hall–Kier alpha value is -2.54. The number of amides is 1. The number of methoxy groups -OCH3 is 1. The Labute approximate surface area is 146 Å². The van der Waals surface area contributed by atoms with E-state index in [0.717, 1.165) is 25.2 Å². The zero-order valence-electron chi connectivity index (χ0n) is 14.4. The third-order valence-electron chi connectivity index (χ3n) is 4.04. The van der Waals surface area contributed by atoms with Gasteiger partial charge in [0.1, 0.15) is 17.8 Å². The van der Waals surface area contributed by atoms with Gasteiger partial charge in [0.2, 0.25) is 5.89 Å². The minimum Gasteiger partial charge on any atom is -0.497 e. The molecule has 0 spiro atoms. The van der Waals surface area contributed by atoms with Gasteiger partial charge in [0.05, 0.1) is 13.2 Å². The van der Waals surface area contributed by atoms with Gasteiger partial charge in [0.15, 0.2) is 12.3 Å². The highest BCUT2D eigenvalue weighted by molar-refractivity contribution is 5.91. The van der Waals surface area contributed by atoms with Crippen molar-refractivity contribution < 1.29 is 23.4 Å². The van der Waals surface area contributed by atoms with Gasteiger partial charge in [-0.2, -0.15) is 0 Å². The highest BCUT2D eigenvalue weighted by atomic mass is 16.5. The summed E-state index contributed by atoms with van der Waals surface area (Å²) in [5.74, 6) is 1.59. The SMILES string of the molecule is COc1ccc(OCc2nc(C(=O)N(C)CC3CCCO3)co2)cc1. The zero-order valence-corrected chi connectivity index (χ0v) is 14.4. The van der Waals surface area contributed by atoms with Crippen LogP contribution in [0.25, 0.3) is 0 Å². The lowest BCUT2D eigenvalue weighted by molar-refractivity contribution is 0.0582. The third kappa shape index (κ3) is 4.51. The largest absolute Gasteiger partial charge is 0.497 e. The Morgan fingerprint density at radius 1 is 1.32 bits per heavy atom. The van der Waals surface area contributed by atoms with E-state index in [0.29, 0.717) is 18.2 Å². The Bertz CT molecular complexity index is 692. The highest BCUT2D eigenvalue weighted by Crippen LogP contribution is 2.18. The molecule has 0 bridgehead atoms. The highest BCUT2D eigenvalue weighted by Gasteiger charge is 2.22. The first-order valence-corrected chi connectivity index (χ1v) is 8.24. The van der Waals surface area contributed by atoms with Crippen molar-refractivity contribution in [3.8, 4) is 11.5 Å². The Balaban J connectivity index is 1.52. The molecule has 1 aromatic heterocycles. The van der Waals surface area contributed by atoms with Gasteiger partial charge in [0.25, 0.3) is 5.91 Å². The first-order valence-electron chi connectivity index (χ1n) is 8.24. The fourth-order valence-corrected chi connectivity index (χ4v) is 2.66. The summed E-state index contributed by atoms with van der Waals surface area (Å²) in [5, 5.41) is 0. The summed E-state index contributed by atoms with van der Waals surface area (Å²) in [6.07, 6.45) is 3.50. The van der Waals surface area contributed by atoms with Gasteiger partial charge in [-0.1, -0.05) is 0 Å². The molecule has 1 saturated heterocycles. The molecule has 1 amide bonds. The summed E-state index contributed by atoms with van der Waals surface area (Å²) in [4.78, 5) is 18.2. The molecular formula is C18H22N2O5. The van der Waals surface area contributed by atoms with Crippen LogP contribution in [0, 0.1) is 0 Å². The normalized spacial score (nSPS) is 16.6. The number of hydrogen-bond donors (Lipinski definition) is 0. The summed E-state index contributed by atoms with van der Waals surface area (Å²) in [7, 11) is 3.35. The lowest BCUT2D eigenvalue weighted by Gasteiger charge is -2.19. The van der Waals surface area contributed by atoms with E-state index in [1.807, 2.05) is 0 Å². The predicted octanol–water partition coefficient (Wildman–Crippen LogP) is 2.51. The van der Waals surface area contributed by atoms with E-state index in [9.17, 15) is 4.79 Å². The van der Waals surface area contributed by atoms with E-state index in [2.05, 4.69) is 4.98 Å². The molecular weight excluding hydrogens is 324 g/mol. The summed E-state index contributed by atoms with van der Waals surface area (Å²) in [5.41, 5.74) is 0.272. The number of nitrogens with zero attached hydrogens (tertiary/aromatic N) is 2. The number of rotatable bonds is 7. The smallest absolute Gasteiger partial charge is 0.275 e. The first kappa shape index (κ1) is 17.3. The summed E-state index contributed by atoms with van der Waals surface area (Å²) >= 11 is 0. The molecule has 1 atom stereocenters. The summed E-state index contributed by atoms with van der Waals surface area (Å²) in [6.45, 7) is 1.47. The zero-order chi connectivity index (χ0) is 17.6. The minimum absolute atomic E-state index is 0.110. The van der Waals surface area contributed by atoms with Crippen LogP contribution >= 0.6 is 0 Å². The number of ether oxygens (including phenoxy) is 3. The van der Waals surface area contributed by atoms with Crippen molar-refractivity contribution in [3.63, 3.8) is 0 Å². The molecule has 2 heterocycles. The molecule has 0 aliphatic carbocycles. The molecule has 7 nitrogen and oxygen atoms in total. The maximum atomic E-state index is 12.4. The maximum Gasteiger partial charge on any atom is 0.275 e. The van der Waals surface area contributed by atoms with Crippen molar-refractivity contribution in [1.82, 2.24) is 9.88 Å². The number of oxazole rings is 1. The van der Waals surface area contributed by atoms with E-state index in [1.165, 1.54) is 6.26 Å². The van der Waals surface area contributed by atoms with Crippen molar-refractivity contribution in [2.45, 2.75) is 25.6 Å². The molecule has 0 N–H and O–H groups in total. The van der Waals surface area contributed by atoms with Crippen molar-refractivity contribution in [2.75, 3.05) is 27.3 Å². The predicted molar refractivity (Wildman–Crippen MR) is 89.8 cm³/mol. The number of hydrogen-bond acceptors (Lipinski definition) is 6. The minimum atomic E-state index is -0.185. The number of aromatic nitrogens is 1. The fraction of sp³-hybridized carbons (Fsp3) is 0.444. The maximum absolute atomic E-state index is 12.4. The van der Waals surface area contributed by atoms with Crippen molar-refractivity contribution in [2.24, 2.45) is 0 Å². The van der Waals surface area contributed by atoms with Crippen LogP contribution in [-0.4, -0.2) is 49.2 Å². The van der Waals surface area contributed by atoms with Crippen molar-refractivity contribution >= 4 is 5.91 Å². The lowest BCUT2D eigenvalue weighted by atomic mass is 10.2. The Morgan fingerprint density at radius 2 is 2.08 bits per heavy atom. The van der Waals surface area contributed by atoms with E-state index in [1.54, 1.807) is 43.3 Å². The van der Waals surface area contributed by atoms with E-state index >= 15 is 0 Å². The van der Waals surface area contributed by atoms with Crippen LogP contribution in [0.1, 0.15) is 29.2 Å². The molecule has 0 saturated carbocycles. The van der Waals surface area contributed by atoms with Crippen LogP contribution in [0.5, 0.6) is 11.5 Å². The second-order valence-corrected chi connectivity index (χ2v) is 5.91. The van der Waals surface area contributed by atoms with E-state index in [4.69, 9.17) is 18.6 Å². The molecule has 1 aliphatic rings. The van der Waals surface area contributed by atoms with Crippen molar-refractivity contribution in [3.05, 3.63) is 42.1 Å². The lowest BCUT2D eigenvalue weighted by Crippen LogP contribution is -2.34. The molecule has 3 rings (SSSR count). The van der Waals surface area contributed by atoms with Gasteiger partial charge >= 0.3 is 0 Å². The molecule has 1 fully saturated rings. The topological polar surface area (TPSA) is 74.0 Å². The van der Waals surface area contributed by atoms with Crippen molar-refractivity contribution in [1.29, 1.82) is 0 Å². The number of carbonyl (C=O) groups is 1. The third-order valence-corrected chi connectivity index (χ3v) is 4.04. The first-order chi connectivity index (χ1) is 12.2. The van der Waals surface area contributed by atoms with E-state index in [-0.39, 0.29) is 24.3 Å². The van der Waals surface area contributed by atoms with Crippen LogP contribution < -0.4 is 9.47 Å². The van der Waals surface area contributed by atoms with Gasteiger partial charge in [-0.3, -0.25) is 4.79 Å². The number of benzene rings is 1. The average molecular weight is 346 g/mol. The standard InChI is InChI=1S/C18H22N2O5/c1-20(10-15-4-3-9-23-15)18(21)16-11-25-17(19-16)12-24-14-7-5-13(22-2)6-8-14/h5-8,11,15H,3-4,9-10,12H2,1-2H3. The Morgan fingerprint density at radius 3 is 2.76 bits per heavy atom. The molecule has 2 aromatic rings. The monoisotopic (exact) mass is 346 g/mol. The molecule has 1 unspecified atom stereocenters. The summed E-state index contributed by atoms with van der Waals surface area (Å²) in [6, 6.07) is 7.20. The van der Waals surface area contributed by atoms with Crippen LogP contribution in [-0.2, 0) is 11.3 Å². The molecule has 134 valence electrons. The van der Waals surface area contributed by atoms with Crippen LogP contribution in [0.2, 0.25) is 0 Å². The van der Waals surface area contributed by atoms with Gasteiger partial charge in [-0.05, 0) is 37.1 Å². The average Bonchev–Trinajstić information content (AvgIpc) is 3.31. The van der Waals surface area contributed by atoms with E-state index < -0.39 is 0 Å². The van der Waals surface area contributed by atoms with Crippen LogP contribution in [0.4, 0.5) is 0 Å². The van der Waals surface area contributed by atoms with Crippen LogP contribution in [0.15, 0.2) is 34.9 Å². The quantitative estimate of drug-likeness (QED) is 0.767. The molecule has 7 heteroatoms. The summed E-state index contributed by atoms with van der Waals surface area (Å²) < 4.78 is 21.6. The van der Waals surface area contributed by atoms with Gasteiger partial charge in [0, 0.05) is 20.2 Å². The fourth-order valence-electron chi connectivity index (χ4n) is 2.66. The molecule has 1 aromatic carbocycles. The molecule has 25 heavy (non-hydrogen) atoms. The van der Waals surface area contributed by atoms with Gasteiger partial charge in [-0.15, -0.1) is 0 Å². The van der Waals surface area contributed by atoms with Gasteiger partial charge in [-0.25, -0.2) is 4.98 Å². The molecule has 0 radical (unpaired) electrons. The molecule has 1 aliphatic heterocycles.